The summed E-state index contributed by atoms with van der Waals surface area (Å²) in [4.78, 5) is 9.39. The number of aromatic nitrogens is 10. The molecule has 2 aliphatic rings. The number of rotatable bonds is 4. The van der Waals surface area contributed by atoms with Gasteiger partial charge in [-0.25, -0.2) is 14.4 Å². The van der Waals surface area contributed by atoms with E-state index in [0.29, 0.717) is 22.2 Å². The smallest absolute Gasteiger partial charge is 0.187 e. The second-order valence-corrected chi connectivity index (χ2v) is 12.2. The zero-order valence-corrected chi connectivity index (χ0v) is 26.4. The van der Waals surface area contributed by atoms with Gasteiger partial charge in [-0.1, -0.05) is 11.6 Å². The van der Waals surface area contributed by atoms with Crippen molar-refractivity contribution < 1.29 is 4.39 Å². The Bertz CT molecular complexity index is 1870. The maximum atomic E-state index is 14.6. The van der Waals surface area contributed by atoms with E-state index < -0.39 is 5.82 Å². The molecule has 2 aliphatic heterocycles. The summed E-state index contributed by atoms with van der Waals surface area (Å²) in [6, 6.07) is 0. The number of nitrogen functional groups attached to an aromatic ring is 2. The van der Waals surface area contributed by atoms with Gasteiger partial charge in [0.1, 0.15) is 10.8 Å². The maximum absolute atomic E-state index is 14.6. The van der Waals surface area contributed by atoms with E-state index in [-0.39, 0.29) is 17.7 Å². The Balaban J connectivity index is 0.000000147. The number of nitrogens with zero attached hydrogens (tertiary/aromatic N) is 10. The number of hydrogen-bond donors (Lipinski definition) is 4. The molecule has 0 saturated carbocycles. The molecule has 240 valence electrons. The number of piperidine rings is 2. The molecule has 0 amide bonds. The number of nitrogens with one attached hydrogen (secondary N) is 2. The van der Waals surface area contributed by atoms with Crippen LogP contribution in [0.3, 0.4) is 0 Å². The summed E-state index contributed by atoms with van der Waals surface area (Å²) in [5.41, 5.74) is 18.3. The molecule has 2 fully saturated rings. The van der Waals surface area contributed by atoms with Crippen LogP contribution in [0.25, 0.3) is 33.5 Å². The number of hydrogen-bond acceptors (Lipinski definition) is 10. The summed E-state index contributed by atoms with van der Waals surface area (Å²) in [5, 5.41) is 24.1. The van der Waals surface area contributed by atoms with Gasteiger partial charge in [-0.15, -0.1) is 0 Å². The Morgan fingerprint density at radius 3 is 1.72 bits per heavy atom. The minimum atomic E-state index is -0.466. The second-order valence-electron chi connectivity index (χ2n) is 11.9. The van der Waals surface area contributed by atoms with Crippen LogP contribution in [0.4, 0.5) is 16.0 Å². The molecule has 0 radical (unpaired) electrons. The molecular formula is C30H36ClFN14. The molecule has 6 aromatic heterocycles. The van der Waals surface area contributed by atoms with Gasteiger partial charge in [0.25, 0.3) is 0 Å². The highest BCUT2D eigenvalue weighted by atomic mass is 35.5. The highest BCUT2D eigenvalue weighted by Gasteiger charge is 2.26. The first-order valence-electron chi connectivity index (χ1n) is 15.3. The molecule has 8 rings (SSSR count). The molecule has 2 unspecified atom stereocenters. The molecule has 0 aliphatic carbocycles. The molecule has 2 saturated heterocycles. The van der Waals surface area contributed by atoms with Crippen LogP contribution in [0, 0.1) is 5.82 Å². The largest absolute Gasteiger partial charge is 0.382 e. The fourth-order valence-corrected chi connectivity index (χ4v) is 6.54. The van der Waals surface area contributed by atoms with E-state index in [1.54, 1.807) is 38.7 Å². The molecule has 0 aromatic carbocycles. The minimum absolute atomic E-state index is 0.00529. The third-order valence-corrected chi connectivity index (χ3v) is 9.08. The van der Waals surface area contributed by atoms with Gasteiger partial charge in [-0.3, -0.25) is 9.36 Å². The van der Waals surface area contributed by atoms with E-state index in [9.17, 15) is 4.39 Å². The van der Waals surface area contributed by atoms with Crippen molar-refractivity contribution in [2.75, 3.05) is 37.6 Å². The lowest BCUT2D eigenvalue weighted by atomic mass is 9.95. The Hall–Kier alpha value is -4.60. The third kappa shape index (κ3) is 5.43. The van der Waals surface area contributed by atoms with E-state index in [4.69, 9.17) is 28.1 Å². The van der Waals surface area contributed by atoms with Gasteiger partial charge in [0.2, 0.25) is 0 Å². The van der Waals surface area contributed by atoms with Gasteiger partial charge in [0.05, 0.1) is 36.2 Å². The van der Waals surface area contributed by atoms with Crippen molar-refractivity contribution >= 4 is 34.5 Å². The summed E-state index contributed by atoms with van der Waals surface area (Å²) in [7, 11) is 3.72. The fourth-order valence-electron chi connectivity index (χ4n) is 6.27. The highest BCUT2D eigenvalue weighted by molar-refractivity contribution is 6.33. The normalized spacial score (nSPS) is 18.6. The second kappa shape index (κ2) is 12.3. The summed E-state index contributed by atoms with van der Waals surface area (Å²) < 4.78 is 21.1. The molecule has 14 nitrogen and oxygen atoms in total. The van der Waals surface area contributed by atoms with E-state index in [0.717, 1.165) is 85.5 Å². The SMILES string of the molecule is Cn1cc(-c2cnn3c(N)c(Cl)c(C4CCCNC4)nc23)cn1.Cn1cc(-c2cnn3c(N)c(F)c(C4CCCNC4)nc23)cn1. The Labute approximate surface area is 268 Å². The lowest BCUT2D eigenvalue weighted by molar-refractivity contribution is 0.437. The van der Waals surface area contributed by atoms with Crippen molar-refractivity contribution in [3.05, 3.63) is 59.4 Å². The van der Waals surface area contributed by atoms with Crippen LogP contribution in [0.5, 0.6) is 0 Å². The number of aryl methyl sites for hydroxylation is 2. The maximum Gasteiger partial charge on any atom is 0.187 e. The predicted octanol–water partition coefficient (Wildman–Crippen LogP) is 3.15. The first kappa shape index (κ1) is 30.1. The van der Waals surface area contributed by atoms with Crippen LogP contribution >= 0.6 is 11.6 Å². The molecule has 0 spiro atoms. The average molecular weight is 647 g/mol. The highest BCUT2D eigenvalue weighted by Crippen LogP contribution is 2.35. The van der Waals surface area contributed by atoms with Crippen molar-refractivity contribution in [2.45, 2.75) is 37.5 Å². The molecule has 6 aromatic rings. The number of fused-ring (bicyclic) bond motifs is 2. The van der Waals surface area contributed by atoms with Crippen molar-refractivity contribution in [3.8, 4) is 22.3 Å². The van der Waals surface area contributed by atoms with Gasteiger partial charge in [-0.2, -0.15) is 29.4 Å². The molecule has 46 heavy (non-hydrogen) atoms. The zero-order chi connectivity index (χ0) is 31.9. The van der Waals surface area contributed by atoms with Crippen molar-refractivity contribution in [2.24, 2.45) is 14.1 Å². The fraction of sp³-hybridized carbons (Fsp3) is 0.400. The first-order valence-corrected chi connectivity index (χ1v) is 15.7. The summed E-state index contributed by atoms with van der Waals surface area (Å²) in [6.45, 7) is 3.59. The predicted molar refractivity (Wildman–Crippen MR) is 174 cm³/mol. The average Bonchev–Trinajstić information content (AvgIpc) is 3.88. The van der Waals surface area contributed by atoms with Gasteiger partial charge in [0.15, 0.2) is 22.9 Å². The molecular weight excluding hydrogens is 611 g/mol. The van der Waals surface area contributed by atoms with Gasteiger partial charge < -0.3 is 22.1 Å². The first-order chi connectivity index (χ1) is 22.3. The number of halogens is 2. The van der Waals surface area contributed by atoms with Crippen LogP contribution in [-0.2, 0) is 14.1 Å². The van der Waals surface area contributed by atoms with E-state index >= 15 is 0 Å². The van der Waals surface area contributed by atoms with Crippen LogP contribution in [0.1, 0.15) is 48.9 Å². The van der Waals surface area contributed by atoms with Crippen LogP contribution in [0.2, 0.25) is 5.02 Å². The monoisotopic (exact) mass is 646 g/mol. The van der Waals surface area contributed by atoms with Crippen LogP contribution in [-0.4, -0.2) is 74.9 Å². The van der Waals surface area contributed by atoms with Gasteiger partial charge in [-0.05, 0) is 38.8 Å². The minimum Gasteiger partial charge on any atom is -0.382 e. The lowest BCUT2D eigenvalue weighted by Gasteiger charge is -2.23. The Kier molecular flexibility index (Phi) is 8.04. The number of nitrogens with two attached hydrogens (primary N) is 2. The lowest BCUT2D eigenvalue weighted by Crippen LogP contribution is -2.30. The Morgan fingerprint density at radius 1 is 0.739 bits per heavy atom. The summed E-state index contributed by atoms with van der Waals surface area (Å²) >= 11 is 6.47. The van der Waals surface area contributed by atoms with Crippen molar-refractivity contribution in [3.63, 3.8) is 0 Å². The summed E-state index contributed by atoms with van der Waals surface area (Å²) in [6.07, 6.45) is 14.8. The van der Waals surface area contributed by atoms with Crippen molar-refractivity contribution in [1.29, 1.82) is 0 Å². The van der Waals surface area contributed by atoms with Gasteiger partial charge in [0, 0.05) is 73.7 Å². The van der Waals surface area contributed by atoms with Crippen LogP contribution in [0.15, 0.2) is 37.2 Å². The zero-order valence-electron chi connectivity index (χ0n) is 25.7. The topological polar surface area (TPSA) is 172 Å². The molecule has 16 heteroatoms. The molecule has 2 atom stereocenters. The third-order valence-electron chi connectivity index (χ3n) is 8.70. The molecule has 8 heterocycles. The van der Waals surface area contributed by atoms with E-state index in [2.05, 4.69) is 36.0 Å². The van der Waals surface area contributed by atoms with E-state index in [1.807, 2.05) is 26.5 Å². The quantitative estimate of drug-likeness (QED) is 0.223. The summed E-state index contributed by atoms with van der Waals surface area (Å²) in [5.74, 6) is 0.290. The van der Waals surface area contributed by atoms with Gasteiger partial charge >= 0.3 is 0 Å². The van der Waals surface area contributed by atoms with E-state index in [1.165, 1.54) is 4.52 Å². The molecule has 6 N–H and O–H groups in total. The van der Waals surface area contributed by atoms with Crippen molar-refractivity contribution in [1.82, 2.24) is 59.4 Å². The standard InChI is InChI=1S/C15H18ClN7.C15H18FN7/c2*1-22-8-10(6-19-22)11-7-20-23-14(17)12(16)13(21-15(11)23)9-3-2-4-18-5-9/h2*6-9,18H,2-5,17H2,1H3. The number of anilines is 2. The molecule has 0 bridgehead atoms. The Morgan fingerprint density at radius 2 is 1.24 bits per heavy atom. The van der Waals surface area contributed by atoms with Crippen LogP contribution < -0.4 is 22.1 Å².